The lowest BCUT2D eigenvalue weighted by Crippen LogP contribution is -1.93. The highest BCUT2D eigenvalue weighted by Gasteiger charge is 1.94. The van der Waals surface area contributed by atoms with E-state index >= 15 is 0 Å². The van der Waals surface area contributed by atoms with E-state index in [0.29, 0.717) is 19.0 Å². The smallest absolute Gasteiger partial charge is 0.159 e. The van der Waals surface area contributed by atoms with Crippen LogP contribution in [0.4, 0.5) is 0 Å². The van der Waals surface area contributed by atoms with Crippen molar-refractivity contribution in [2.24, 2.45) is 0 Å². The van der Waals surface area contributed by atoms with Crippen LogP contribution < -0.4 is 0 Å². The van der Waals surface area contributed by atoms with Crippen molar-refractivity contribution in [1.29, 1.82) is 0 Å². The molecule has 0 aromatic carbocycles. The zero-order valence-corrected chi connectivity index (χ0v) is 7.26. The van der Waals surface area contributed by atoms with Gasteiger partial charge in [-0.1, -0.05) is 11.6 Å². The topological polar surface area (TPSA) is 57.5 Å². The minimum absolute atomic E-state index is 0.0809. The molecule has 0 aromatic rings. The van der Waals surface area contributed by atoms with E-state index in [2.05, 4.69) is 0 Å². The fraction of sp³-hybridized carbons (Fsp3) is 0.714. The van der Waals surface area contributed by atoms with Gasteiger partial charge in [-0.2, -0.15) is 0 Å². The fourth-order valence-electron chi connectivity index (χ4n) is 0.783. The van der Waals surface area contributed by atoms with Crippen molar-refractivity contribution >= 4 is 8.46 Å². The molecule has 0 fully saturated rings. The second kappa shape index (κ2) is 7.86. The van der Waals surface area contributed by atoms with Gasteiger partial charge in [-0.3, -0.25) is 4.57 Å². The summed E-state index contributed by atoms with van der Waals surface area (Å²) in [5.74, 6) is 0. The highest BCUT2D eigenvalue weighted by atomic mass is 31.1. The Bertz CT molecular complexity index is 126. The maximum atomic E-state index is 10.0. The number of rotatable bonds is 6. The summed E-state index contributed by atoms with van der Waals surface area (Å²) in [5, 5.41) is 17.1. The van der Waals surface area contributed by atoms with E-state index in [4.69, 9.17) is 10.2 Å². The van der Waals surface area contributed by atoms with Crippen LogP contribution in [0.2, 0.25) is 0 Å². The molecule has 2 N–H and O–H groups in total. The molecule has 0 heterocycles. The minimum Gasteiger partial charge on any atom is -0.396 e. The molecule has 64 valence electrons. The van der Waals surface area contributed by atoms with Crippen molar-refractivity contribution in [3.63, 3.8) is 0 Å². The van der Waals surface area contributed by atoms with Gasteiger partial charge >= 0.3 is 0 Å². The molecular formula is C7H13O3P. The molecule has 0 atom stereocenters. The van der Waals surface area contributed by atoms with Crippen LogP contribution in [0.5, 0.6) is 0 Å². The van der Waals surface area contributed by atoms with Gasteiger partial charge in [0.15, 0.2) is 8.46 Å². The van der Waals surface area contributed by atoms with Gasteiger partial charge in [0.1, 0.15) is 0 Å². The standard InChI is InChI=1S/C7H13O3P/c8-4-1-7(2-5-9)3-6-11-10/h3,8-9H,1-2,4-6H2. The number of hydrogen-bond donors (Lipinski definition) is 2. The third-order valence-electron chi connectivity index (χ3n) is 1.32. The Morgan fingerprint density at radius 1 is 1.27 bits per heavy atom. The summed E-state index contributed by atoms with van der Waals surface area (Å²) in [6, 6.07) is 0. The molecule has 0 aromatic heterocycles. The maximum absolute atomic E-state index is 10.0. The molecule has 0 unspecified atom stereocenters. The van der Waals surface area contributed by atoms with Gasteiger partial charge in [0.25, 0.3) is 0 Å². The molecule has 0 saturated heterocycles. The summed E-state index contributed by atoms with van der Waals surface area (Å²) in [7, 11) is 0.0809. The average Bonchev–Trinajstić information content (AvgIpc) is 2.01. The van der Waals surface area contributed by atoms with E-state index < -0.39 is 0 Å². The molecule has 0 saturated carbocycles. The molecule has 0 rings (SSSR count). The molecule has 0 aliphatic carbocycles. The van der Waals surface area contributed by atoms with Gasteiger partial charge < -0.3 is 10.2 Å². The van der Waals surface area contributed by atoms with E-state index in [0.717, 1.165) is 5.57 Å². The quantitative estimate of drug-likeness (QED) is 0.468. The zero-order chi connectivity index (χ0) is 8.53. The van der Waals surface area contributed by atoms with Crippen LogP contribution >= 0.6 is 8.46 Å². The maximum Gasteiger partial charge on any atom is 0.159 e. The van der Waals surface area contributed by atoms with E-state index in [1.165, 1.54) is 0 Å². The molecule has 0 bridgehead atoms. The average molecular weight is 176 g/mol. The molecule has 4 heteroatoms. The molecular weight excluding hydrogens is 163 g/mol. The number of aliphatic hydroxyl groups excluding tert-OH is 2. The molecule has 0 aliphatic heterocycles. The van der Waals surface area contributed by atoms with E-state index in [1.54, 1.807) is 6.08 Å². The first-order valence-electron chi connectivity index (χ1n) is 3.54. The first-order chi connectivity index (χ1) is 5.35. The summed E-state index contributed by atoms with van der Waals surface area (Å²) in [6.07, 6.45) is 3.39. The largest absolute Gasteiger partial charge is 0.396 e. The van der Waals surface area contributed by atoms with Crippen molar-refractivity contribution < 1.29 is 14.8 Å². The summed E-state index contributed by atoms with van der Waals surface area (Å²) in [5.41, 5.74) is 0.971. The number of allylic oxidation sites excluding steroid dienone is 1. The molecule has 0 amide bonds. The van der Waals surface area contributed by atoms with E-state index in [1.807, 2.05) is 0 Å². The van der Waals surface area contributed by atoms with Gasteiger partial charge in [0.2, 0.25) is 0 Å². The Hall–Kier alpha value is -0.240. The van der Waals surface area contributed by atoms with Crippen molar-refractivity contribution in [3.8, 4) is 0 Å². The van der Waals surface area contributed by atoms with E-state index in [-0.39, 0.29) is 21.7 Å². The Kier molecular flexibility index (Phi) is 7.69. The second-order valence-electron chi connectivity index (χ2n) is 2.12. The van der Waals surface area contributed by atoms with Crippen LogP contribution in [0.25, 0.3) is 0 Å². The van der Waals surface area contributed by atoms with Crippen LogP contribution in [0, 0.1) is 0 Å². The second-order valence-corrected chi connectivity index (χ2v) is 2.74. The predicted octanol–water partition coefficient (Wildman–Crippen LogP) is 0.969. The van der Waals surface area contributed by atoms with Gasteiger partial charge in [-0.25, -0.2) is 0 Å². The van der Waals surface area contributed by atoms with Crippen molar-refractivity contribution in [2.45, 2.75) is 12.8 Å². The highest BCUT2D eigenvalue weighted by molar-refractivity contribution is 7.23. The van der Waals surface area contributed by atoms with Gasteiger partial charge in [-0.15, -0.1) is 0 Å². The minimum atomic E-state index is 0.0809. The Morgan fingerprint density at radius 3 is 2.18 bits per heavy atom. The predicted molar refractivity (Wildman–Crippen MR) is 44.0 cm³/mol. The third-order valence-corrected chi connectivity index (χ3v) is 1.65. The molecule has 11 heavy (non-hydrogen) atoms. The van der Waals surface area contributed by atoms with Crippen LogP contribution in [0.3, 0.4) is 0 Å². The SMILES string of the molecule is O=PCC=C(CCO)CCO. The van der Waals surface area contributed by atoms with Crippen LogP contribution in [-0.2, 0) is 4.57 Å². The normalized spacial score (nSPS) is 10.0. The van der Waals surface area contributed by atoms with Gasteiger partial charge in [0, 0.05) is 19.4 Å². The molecule has 3 nitrogen and oxygen atoms in total. The highest BCUT2D eigenvalue weighted by Crippen LogP contribution is 2.07. The lowest BCUT2D eigenvalue weighted by atomic mass is 10.1. The summed E-state index contributed by atoms with van der Waals surface area (Å²) >= 11 is 0. The van der Waals surface area contributed by atoms with Crippen LogP contribution in [0.15, 0.2) is 11.6 Å². The summed E-state index contributed by atoms with van der Waals surface area (Å²) < 4.78 is 10.0. The lowest BCUT2D eigenvalue weighted by molar-refractivity contribution is 0.280. The fourth-order valence-corrected chi connectivity index (χ4v) is 1.12. The zero-order valence-electron chi connectivity index (χ0n) is 6.36. The monoisotopic (exact) mass is 176 g/mol. The van der Waals surface area contributed by atoms with Crippen LogP contribution in [0.1, 0.15) is 12.8 Å². The Morgan fingerprint density at radius 2 is 1.82 bits per heavy atom. The Labute approximate surface area is 67.9 Å². The Balaban J connectivity index is 3.74. The van der Waals surface area contributed by atoms with E-state index in [9.17, 15) is 4.57 Å². The van der Waals surface area contributed by atoms with Crippen molar-refractivity contribution in [2.75, 3.05) is 19.4 Å². The number of hydrogen-bond acceptors (Lipinski definition) is 3. The van der Waals surface area contributed by atoms with Crippen molar-refractivity contribution in [3.05, 3.63) is 11.6 Å². The number of aliphatic hydroxyl groups is 2. The third kappa shape index (κ3) is 6.17. The van der Waals surface area contributed by atoms with Gasteiger partial charge in [-0.05, 0) is 12.8 Å². The van der Waals surface area contributed by atoms with Gasteiger partial charge in [0.05, 0.1) is 0 Å². The first kappa shape index (κ1) is 10.8. The summed E-state index contributed by atoms with van der Waals surface area (Å²) in [6.45, 7) is 0.170. The van der Waals surface area contributed by atoms with Crippen LogP contribution in [-0.4, -0.2) is 29.6 Å². The lowest BCUT2D eigenvalue weighted by Gasteiger charge is -2.00. The molecule has 0 aliphatic rings. The molecule has 0 spiro atoms. The van der Waals surface area contributed by atoms with Crippen molar-refractivity contribution in [1.82, 2.24) is 0 Å². The first-order valence-corrected chi connectivity index (χ1v) is 4.53. The molecule has 0 radical (unpaired) electrons. The summed E-state index contributed by atoms with van der Waals surface area (Å²) in [4.78, 5) is 0.